The second-order valence-corrected chi connectivity index (χ2v) is 4.16. The smallest absolute Gasteiger partial charge is 0.226 e. The average molecular weight is 280 g/mol. The lowest BCUT2D eigenvalue weighted by atomic mass is 10.2. The van der Waals surface area contributed by atoms with Gasteiger partial charge in [0, 0.05) is 25.8 Å². The second kappa shape index (κ2) is 7.02. The molecule has 0 saturated heterocycles. The van der Waals surface area contributed by atoms with Crippen LogP contribution in [0, 0.1) is 5.82 Å². The van der Waals surface area contributed by atoms with Gasteiger partial charge in [0.15, 0.2) is 11.6 Å². The van der Waals surface area contributed by atoms with Crippen LogP contribution in [0.3, 0.4) is 0 Å². The first-order valence-corrected chi connectivity index (χ1v) is 6.22. The molecular formula is C14H17FN2O3. The minimum Gasteiger partial charge on any atom is -0.494 e. The molecule has 20 heavy (non-hydrogen) atoms. The topological polar surface area (TPSA) is 56.5 Å². The lowest BCUT2D eigenvalue weighted by Crippen LogP contribution is -2.18. The maximum atomic E-state index is 13.6. The summed E-state index contributed by atoms with van der Waals surface area (Å²) < 4.78 is 28.8. The molecule has 0 aliphatic carbocycles. The van der Waals surface area contributed by atoms with Gasteiger partial charge in [-0.05, 0) is 18.2 Å². The standard InChI is InChI=1S/C14H17FN2O3/c1-18-6-5-16-8-11-9-20-14(17-11)10-3-4-13(19-2)12(15)7-10/h3-4,7,9,16H,5-6,8H2,1-2H3. The fourth-order valence-electron chi connectivity index (χ4n) is 1.71. The van der Waals surface area contributed by atoms with E-state index in [1.807, 2.05) is 0 Å². The van der Waals surface area contributed by atoms with Gasteiger partial charge in [0.25, 0.3) is 0 Å². The Kier molecular flexibility index (Phi) is 5.09. The summed E-state index contributed by atoms with van der Waals surface area (Å²) in [5.74, 6) is 0.139. The van der Waals surface area contributed by atoms with Crippen molar-refractivity contribution < 1.29 is 18.3 Å². The van der Waals surface area contributed by atoms with Crippen LogP contribution < -0.4 is 10.1 Å². The van der Waals surface area contributed by atoms with Crippen molar-refractivity contribution in [3.05, 3.63) is 36.0 Å². The summed E-state index contributed by atoms with van der Waals surface area (Å²) in [7, 11) is 3.07. The normalized spacial score (nSPS) is 10.8. The fraction of sp³-hybridized carbons (Fsp3) is 0.357. The van der Waals surface area contributed by atoms with E-state index in [9.17, 15) is 4.39 Å². The van der Waals surface area contributed by atoms with Crippen molar-refractivity contribution in [1.82, 2.24) is 10.3 Å². The first-order chi connectivity index (χ1) is 9.74. The van der Waals surface area contributed by atoms with Crippen LogP contribution in [0.2, 0.25) is 0 Å². The van der Waals surface area contributed by atoms with E-state index in [0.29, 0.717) is 24.6 Å². The minimum absolute atomic E-state index is 0.196. The molecule has 1 aromatic carbocycles. The van der Waals surface area contributed by atoms with Gasteiger partial charge in [0.2, 0.25) is 5.89 Å². The predicted octanol–water partition coefficient (Wildman–Crippen LogP) is 2.23. The predicted molar refractivity (Wildman–Crippen MR) is 72.0 cm³/mol. The SMILES string of the molecule is COCCNCc1coc(-c2ccc(OC)c(F)c2)n1. The monoisotopic (exact) mass is 280 g/mol. The molecule has 108 valence electrons. The Balaban J connectivity index is 2.03. The molecule has 0 atom stereocenters. The summed E-state index contributed by atoms with van der Waals surface area (Å²) in [5.41, 5.74) is 1.33. The number of halogens is 1. The van der Waals surface area contributed by atoms with E-state index >= 15 is 0 Å². The van der Waals surface area contributed by atoms with Gasteiger partial charge in [0.05, 0.1) is 19.4 Å². The molecule has 5 nitrogen and oxygen atoms in total. The van der Waals surface area contributed by atoms with Crippen LogP contribution in [0.1, 0.15) is 5.69 Å². The Hall–Kier alpha value is -1.92. The molecular weight excluding hydrogens is 263 g/mol. The van der Waals surface area contributed by atoms with E-state index in [1.54, 1.807) is 25.5 Å². The summed E-state index contributed by atoms with van der Waals surface area (Å²) in [6, 6.07) is 4.59. The highest BCUT2D eigenvalue weighted by Crippen LogP contribution is 2.24. The van der Waals surface area contributed by atoms with E-state index in [2.05, 4.69) is 10.3 Å². The van der Waals surface area contributed by atoms with Gasteiger partial charge in [0.1, 0.15) is 6.26 Å². The molecule has 0 bridgehead atoms. The molecule has 0 radical (unpaired) electrons. The van der Waals surface area contributed by atoms with Crippen molar-refractivity contribution in [2.75, 3.05) is 27.4 Å². The molecule has 0 aliphatic heterocycles. The molecule has 1 heterocycles. The Morgan fingerprint density at radius 2 is 2.20 bits per heavy atom. The molecule has 0 fully saturated rings. The molecule has 0 unspecified atom stereocenters. The third-order valence-electron chi connectivity index (χ3n) is 2.74. The third kappa shape index (κ3) is 3.55. The third-order valence-corrected chi connectivity index (χ3v) is 2.74. The van der Waals surface area contributed by atoms with Gasteiger partial charge >= 0.3 is 0 Å². The van der Waals surface area contributed by atoms with Crippen LogP contribution in [0.4, 0.5) is 4.39 Å². The van der Waals surface area contributed by atoms with Gasteiger partial charge in [-0.2, -0.15) is 0 Å². The fourth-order valence-corrected chi connectivity index (χ4v) is 1.71. The molecule has 6 heteroatoms. The zero-order chi connectivity index (χ0) is 14.4. The first-order valence-electron chi connectivity index (χ1n) is 6.22. The number of methoxy groups -OCH3 is 2. The van der Waals surface area contributed by atoms with Crippen molar-refractivity contribution in [3.63, 3.8) is 0 Å². The van der Waals surface area contributed by atoms with Crippen molar-refractivity contribution in [1.29, 1.82) is 0 Å². The molecule has 0 amide bonds. The van der Waals surface area contributed by atoms with Gasteiger partial charge in [-0.15, -0.1) is 0 Å². The van der Waals surface area contributed by atoms with Gasteiger partial charge in [-0.3, -0.25) is 0 Å². The minimum atomic E-state index is -0.442. The molecule has 1 aromatic heterocycles. The number of nitrogens with zero attached hydrogens (tertiary/aromatic N) is 1. The quantitative estimate of drug-likeness (QED) is 0.788. The summed E-state index contributed by atoms with van der Waals surface area (Å²) in [4.78, 5) is 4.30. The maximum absolute atomic E-state index is 13.6. The van der Waals surface area contributed by atoms with Gasteiger partial charge in [-0.1, -0.05) is 0 Å². The van der Waals surface area contributed by atoms with Crippen LogP contribution >= 0.6 is 0 Å². The van der Waals surface area contributed by atoms with E-state index in [0.717, 1.165) is 12.2 Å². The molecule has 0 aliphatic rings. The number of hydrogen-bond acceptors (Lipinski definition) is 5. The number of hydrogen-bond donors (Lipinski definition) is 1. The molecule has 0 spiro atoms. The number of oxazole rings is 1. The van der Waals surface area contributed by atoms with Crippen LogP contribution in [0.25, 0.3) is 11.5 Å². The lowest BCUT2D eigenvalue weighted by molar-refractivity contribution is 0.199. The van der Waals surface area contributed by atoms with Crippen LogP contribution in [0.15, 0.2) is 28.9 Å². The number of rotatable bonds is 7. The number of ether oxygens (including phenoxy) is 2. The molecule has 1 N–H and O–H groups in total. The van der Waals surface area contributed by atoms with Crippen LogP contribution in [-0.2, 0) is 11.3 Å². The van der Waals surface area contributed by atoms with Crippen molar-refractivity contribution >= 4 is 0 Å². The maximum Gasteiger partial charge on any atom is 0.226 e. The van der Waals surface area contributed by atoms with Gasteiger partial charge < -0.3 is 19.2 Å². The van der Waals surface area contributed by atoms with Crippen molar-refractivity contribution in [3.8, 4) is 17.2 Å². The zero-order valence-electron chi connectivity index (χ0n) is 11.5. The number of aromatic nitrogens is 1. The first kappa shape index (κ1) is 14.5. The Bertz CT molecular complexity index is 557. The summed E-state index contributed by atoms with van der Waals surface area (Å²) in [5, 5.41) is 3.16. The van der Waals surface area contributed by atoms with Crippen molar-refractivity contribution in [2.45, 2.75) is 6.54 Å². The highest BCUT2D eigenvalue weighted by atomic mass is 19.1. The van der Waals surface area contributed by atoms with Gasteiger partial charge in [-0.25, -0.2) is 9.37 Å². The molecule has 2 aromatic rings. The number of nitrogens with one attached hydrogen (secondary N) is 1. The van der Waals surface area contributed by atoms with Crippen molar-refractivity contribution in [2.24, 2.45) is 0 Å². The van der Waals surface area contributed by atoms with E-state index in [4.69, 9.17) is 13.9 Å². The highest BCUT2D eigenvalue weighted by molar-refractivity contribution is 5.55. The summed E-state index contributed by atoms with van der Waals surface area (Å²) >= 11 is 0. The largest absolute Gasteiger partial charge is 0.494 e. The highest BCUT2D eigenvalue weighted by Gasteiger charge is 2.10. The lowest BCUT2D eigenvalue weighted by Gasteiger charge is -2.02. The number of benzene rings is 1. The Morgan fingerprint density at radius 1 is 1.35 bits per heavy atom. The Morgan fingerprint density at radius 3 is 2.90 bits per heavy atom. The van der Waals surface area contributed by atoms with Crippen LogP contribution in [0.5, 0.6) is 5.75 Å². The van der Waals surface area contributed by atoms with E-state index in [-0.39, 0.29) is 5.75 Å². The molecule has 2 rings (SSSR count). The summed E-state index contributed by atoms with van der Waals surface area (Å²) in [6.45, 7) is 1.94. The van der Waals surface area contributed by atoms with E-state index in [1.165, 1.54) is 13.2 Å². The Labute approximate surface area is 116 Å². The second-order valence-electron chi connectivity index (χ2n) is 4.16. The average Bonchev–Trinajstić information content (AvgIpc) is 2.92. The summed E-state index contributed by atoms with van der Waals surface area (Å²) in [6.07, 6.45) is 1.55. The molecule has 0 saturated carbocycles. The zero-order valence-corrected chi connectivity index (χ0v) is 11.5. The van der Waals surface area contributed by atoms with Crippen LogP contribution in [-0.4, -0.2) is 32.4 Å². The van der Waals surface area contributed by atoms with E-state index < -0.39 is 5.82 Å².